The molecule has 1 aromatic heterocycles. The van der Waals surface area contributed by atoms with Crippen LogP contribution in [0.15, 0.2) is 66.7 Å². The standard InChI is InChI=1S/C27H25FN4O/c1-33-27-11-6-19(14-24(27)28)26-15-20-13-23(31-12-2-3-21(30)17-31)9-10-25(20)32(26)22-7-4-18(16-29)5-8-22/h4-11,13-15,21H,2-3,12,17,30H2,1H3/t21-/m0/s1. The number of nitrogens with two attached hydrogens (primary N) is 1. The number of aromatic nitrogens is 1. The molecule has 5 nitrogen and oxygen atoms in total. The molecule has 0 spiro atoms. The lowest BCUT2D eigenvalue weighted by Crippen LogP contribution is -2.42. The molecule has 6 heteroatoms. The number of halogens is 1. The number of nitriles is 1. The Balaban J connectivity index is 1.67. The van der Waals surface area contributed by atoms with Crippen LogP contribution in [0.4, 0.5) is 10.1 Å². The van der Waals surface area contributed by atoms with Crippen molar-refractivity contribution < 1.29 is 9.13 Å². The number of hydrogen-bond acceptors (Lipinski definition) is 4. The van der Waals surface area contributed by atoms with E-state index in [1.165, 1.54) is 13.2 Å². The zero-order valence-electron chi connectivity index (χ0n) is 18.5. The summed E-state index contributed by atoms with van der Waals surface area (Å²) in [6.07, 6.45) is 2.14. The Morgan fingerprint density at radius 3 is 2.52 bits per heavy atom. The molecule has 1 atom stereocenters. The quantitative estimate of drug-likeness (QED) is 0.471. The molecule has 3 aromatic carbocycles. The molecular weight excluding hydrogens is 415 g/mol. The van der Waals surface area contributed by atoms with E-state index in [-0.39, 0.29) is 11.8 Å². The van der Waals surface area contributed by atoms with E-state index in [1.807, 2.05) is 18.2 Å². The number of anilines is 1. The third-order valence-corrected chi connectivity index (χ3v) is 6.31. The van der Waals surface area contributed by atoms with Crippen molar-refractivity contribution >= 4 is 16.6 Å². The number of nitrogens with zero attached hydrogens (tertiary/aromatic N) is 3. The van der Waals surface area contributed by atoms with Gasteiger partial charge in [-0.3, -0.25) is 0 Å². The van der Waals surface area contributed by atoms with Crippen LogP contribution in [0.3, 0.4) is 0 Å². The van der Waals surface area contributed by atoms with E-state index in [2.05, 4.69) is 39.8 Å². The van der Waals surface area contributed by atoms with Crippen LogP contribution in [0.25, 0.3) is 27.8 Å². The van der Waals surface area contributed by atoms with Crippen LogP contribution in [-0.2, 0) is 0 Å². The van der Waals surface area contributed by atoms with Crippen LogP contribution < -0.4 is 15.4 Å². The molecule has 1 aliphatic heterocycles. The minimum Gasteiger partial charge on any atom is -0.494 e. The summed E-state index contributed by atoms with van der Waals surface area (Å²) >= 11 is 0. The van der Waals surface area contributed by atoms with Gasteiger partial charge >= 0.3 is 0 Å². The van der Waals surface area contributed by atoms with Crippen molar-refractivity contribution in [1.29, 1.82) is 5.26 Å². The first-order valence-corrected chi connectivity index (χ1v) is 11.1. The molecule has 0 radical (unpaired) electrons. The highest BCUT2D eigenvalue weighted by Crippen LogP contribution is 2.35. The second-order valence-electron chi connectivity index (χ2n) is 8.46. The maximum atomic E-state index is 14.6. The summed E-state index contributed by atoms with van der Waals surface area (Å²) < 4.78 is 21.8. The van der Waals surface area contributed by atoms with E-state index in [0.29, 0.717) is 5.56 Å². The minimum atomic E-state index is -0.408. The minimum absolute atomic E-state index is 0.190. The number of fused-ring (bicyclic) bond motifs is 1. The van der Waals surface area contributed by atoms with E-state index in [4.69, 9.17) is 10.5 Å². The van der Waals surface area contributed by atoms with Gasteiger partial charge in [-0.2, -0.15) is 5.26 Å². The molecule has 0 saturated carbocycles. The Labute approximate surface area is 192 Å². The van der Waals surface area contributed by atoms with Crippen LogP contribution >= 0.6 is 0 Å². The van der Waals surface area contributed by atoms with Crippen molar-refractivity contribution in [1.82, 2.24) is 4.57 Å². The van der Waals surface area contributed by atoms with Crippen molar-refractivity contribution in [3.05, 3.63) is 78.1 Å². The van der Waals surface area contributed by atoms with Crippen molar-refractivity contribution in [2.75, 3.05) is 25.1 Å². The first-order chi connectivity index (χ1) is 16.1. The van der Waals surface area contributed by atoms with Gasteiger partial charge in [0.2, 0.25) is 0 Å². The van der Waals surface area contributed by atoms with Gasteiger partial charge in [0.25, 0.3) is 0 Å². The Morgan fingerprint density at radius 2 is 1.82 bits per heavy atom. The Morgan fingerprint density at radius 1 is 1.03 bits per heavy atom. The molecule has 1 fully saturated rings. The topological polar surface area (TPSA) is 67.2 Å². The highest BCUT2D eigenvalue weighted by atomic mass is 19.1. The lowest BCUT2D eigenvalue weighted by atomic mass is 10.1. The summed E-state index contributed by atoms with van der Waals surface area (Å²) in [7, 11) is 1.46. The molecule has 5 rings (SSSR count). The smallest absolute Gasteiger partial charge is 0.165 e. The van der Waals surface area contributed by atoms with Gasteiger partial charge in [-0.15, -0.1) is 0 Å². The van der Waals surface area contributed by atoms with Gasteiger partial charge in [-0.05, 0) is 79.6 Å². The molecule has 0 unspecified atom stereocenters. The van der Waals surface area contributed by atoms with Crippen LogP contribution in [0.5, 0.6) is 5.75 Å². The lowest BCUT2D eigenvalue weighted by Gasteiger charge is -2.32. The molecular formula is C27H25FN4O. The molecule has 2 heterocycles. The van der Waals surface area contributed by atoms with Gasteiger partial charge in [-0.25, -0.2) is 4.39 Å². The van der Waals surface area contributed by atoms with Crippen LogP contribution in [-0.4, -0.2) is 30.8 Å². The average molecular weight is 441 g/mol. The molecule has 2 N–H and O–H groups in total. The Kier molecular flexibility index (Phi) is 5.49. The zero-order chi connectivity index (χ0) is 22.9. The van der Waals surface area contributed by atoms with Gasteiger partial charge < -0.3 is 19.9 Å². The molecule has 0 aliphatic carbocycles. The fourth-order valence-corrected chi connectivity index (χ4v) is 4.65. The van der Waals surface area contributed by atoms with Crippen molar-refractivity contribution in [2.45, 2.75) is 18.9 Å². The average Bonchev–Trinajstić information content (AvgIpc) is 3.23. The fourth-order valence-electron chi connectivity index (χ4n) is 4.65. The Bertz CT molecular complexity index is 1350. The summed E-state index contributed by atoms with van der Waals surface area (Å²) in [6.45, 7) is 1.84. The summed E-state index contributed by atoms with van der Waals surface area (Å²) in [6, 6.07) is 23.3. The van der Waals surface area contributed by atoms with E-state index >= 15 is 0 Å². The predicted octanol–water partition coefficient (Wildman–Crippen LogP) is 5.24. The third kappa shape index (κ3) is 3.92. The largest absolute Gasteiger partial charge is 0.494 e. The predicted molar refractivity (Wildman–Crippen MR) is 129 cm³/mol. The van der Waals surface area contributed by atoms with Gasteiger partial charge in [0, 0.05) is 41.5 Å². The van der Waals surface area contributed by atoms with Crippen molar-refractivity contribution in [3.63, 3.8) is 0 Å². The van der Waals surface area contributed by atoms with Crippen LogP contribution in [0, 0.1) is 17.1 Å². The molecule has 0 bridgehead atoms. The van der Waals surface area contributed by atoms with Gasteiger partial charge in [0.05, 0.1) is 30.0 Å². The van der Waals surface area contributed by atoms with E-state index < -0.39 is 5.82 Å². The first kappa shape index (κ1) is 21.0. The molecule has 33 heavy (non-hydrogen) atoms. The fraction of sp³-hybridized carbons (Fsp3) is 0.222. The highest BCUT2D eigenvalue weighted by molar-refractivity contribution is 5.91. The highest BCUT2D eigenvalue weighted by Gasteiger charge is 2.19. The molecule has 4 aromatic rings. The number of ether oxygens (including phenoxy) is 1. The van der Waals surface area contributed by atoms with Gasteiger partial charge in [0.15, 0.2) is 11.6 Å². The first-order valence-electron chi connectivity index (χ1n) is 11.1. The van der Waals surface area contributed by atoms with Crippen LogP contribution in [0.1, 0.15) is 18.4 Å². The number of hydrogen-bond donors (Lipinski definition) is 1. The normalized spacial score (nSPS) is 16.1. The van der Waals surface area contributed by atoms with E-state index in [1.54, 1.807) is 18.2 Å². The summed E-state index contributed by atoms with van der Waals surface area (Å²) in [5.74, 6) is -0.196. The van der Waals surface area contributed by atoms with Crippen LogP contribution in [0.2, 0.25) is 0 Å². The van der Waals surface area contributed by atoms with Gasteiger partial charge in [-0.1, -0.05) is 0 Å². The molecule has 1 aliphatic rings. The molecule has 1 saturated heterocycles. The maximum absolute atomic E-state index is 14.6. The van der Waals surface area contributed by atoms with Gasteiger partial charge in [0.1, 0.15) is 0 Å². The van der Waals surface area contributed by atoms with Crippen molar-refractivity contribution in [3.8, 4) is 28.8 Å². The second kappa shape index (κ2) is 8.61. The van der Waals surface area contributed by atoms with Crippen molar-refractivity contribution in [2.24, 2.45) is 5.73 Å². The Hall–Kier alpha value is -3.82. The number of methoxy groups -OCH3 is 1. The molecule has 0 amide bonds. The zero-order valence-corrected chi connectivity index (χ0v) is 18.5. The lowest BCUT2D eigenvalue weighted by molar-refractivity contribution is 0.386. The monoisotopic (exact) mass is 440 g/mol. The van der Waals surface area contributed by atoms with E-state index in [9.17, 15) is 9.65 Å². The maximum Gasteiger partial charge on any atom is 0.165 e. The SMILES string of the molecule is COc1ccc(-c2cc3cc(N4CCC[C@H](N)C4)ccc3n2-c2ccc(C#N)cc2)cc1F. The molecule has 166 valence electrons. The second-order valence-corrected chi connectivity index (χ2v) is 8.46. The third-order valence-electron chi connectivity index (χ3n) is 6.31. The number of piperidine rings is 1. The summed E-state index contributed by atoms with van der Waals surface area (Å²) in [5.41, 5.74) is 11.5. The number of rotatable bonds is 4. The summed E-state index contributed by atoms with van der Waals surface area (Å²) in [4.78, 5) is 2.33. The number of benzene rings is 3. The summed E-state index contributed by atoms with van der Waals surface area (Å²) in [5, 5.41) is 10.3. The van der Waals surface area contributed by atoms with E-state index in [0.717, 1.165) is 59.5 Å².